The number of methoxy groups -OCH3 is 1. The van der Waals surface area contributed by atoms with E-state index in [0.29, 0.717) is 6.61 Å². The van der Waals surface area contributed by atoms with Crippen LogP contribution in [-0.4, -0.2) is 33.3 Å². The Balaban J connectivity index is 2.47. The zero-order chi connectivity index (χ0) is 13.4. The minimum absolute atomic E-state index is 0.671. The van der Waals surface area contributed by atoms with Gasteiger partial charge in [-0.1, -0.05) is 23.8 Å². The molecule has 1 aromatic rings. The molecule has 0 aromatic heterocycles. The lowest BCUT2D eigenvalue weighted by atomic mass is 10.1. The fourth-order valence-electron chi connectivity index (χ4n) is 1.72. The predicted molar refractivity (Wildman–Crippen MR) is 76.0 cm³/mol. The van der Waals surface area contributed by atoms with E-state index in [-0.39, 0.29) is 0 Å². The number of hydrogen-bond acceptors (Lipinski definition) is 2. The lowest BCUT2D eigenvalue weighted by Crippen LogP contribution is -2.38. The zero-order valence-corrected chi connectivity index (χ0v) is 11.7. The molecule has 2 N–H and O–H groups in total. The minimum Gasteiger partial charge on any atom is -0.383 e. The van der Waals surface area contributed by atoms with Gasteiger partial charge in [0.2, 0.25) is 0 Å². The molecule has 0 amide bonds. The van der Waals surface area contributed by atoms with Gasteiger partial charge in [0.05, 0.1) is 6.61 Å². The largest absolute Gasteiger partial charge is 0.383 e. The molecule has 0 fully saturated rings. The number of aliphatic imine (C=N–C) groups is 1. The highest BCUT2D eigenvalue weighted by molar-refractivity contribution is 5.79. The molecule has 1 aromatic carbocycles. The van der Waals surface area contributed by atoms with Crippen LogP contribution in [0.2, 0.25) is 0 Å². The van der Waals surface area contributed by atoms with Gasteiger partial charge in [-0.3, -0.25) is 4.99 Å². The molecule has 0 spiro atoms. The first-order valence-electron chi connectivity index (χ1n) is 6.17. The van der Waals surface area contributed by atoms with Crippen molar-refractivity contribution in [2.75, 3.05) is 27.3 Å². The summed E-state index contributed by atoms with van der Waals surface area (Å²) in [5.74, 6) is 0.798. The maximum absolute atomic E-state index is 4.99. The van der Waals surface area contributed by atoms with Crippen LogP contribution in [0.15, 0.2) is 23.2 Å². The summed E-state index contributed by atoms with van der Waals surface area (Å²) >= 11 is 0. The van der Waals surface area contributed by atoms with Gasteiger partial charge < -0.3 is 15.4 Å². The van der Waals surface area contributed by atoms with E-state index in [4.69, 9.17) is 4.74 Å². The maximum atomic E-state index is 4.99. The molecule has 4 nitrogen and oxygen atoms in total. The molecule has 1 rings (SSSR count). The maximum Gasteiger partial charge on any atom is 0.191 e. The third-order valence-corrected chi connectivity index (χ3v) is 2.77. The number of nitrogens with zero attached hydrogens (tertiary/aromatic N) is 1. The smallest absolute Gasteiger partial charge is 0.191 e. The number of guanidine groups is 1. The Morgan fingerprint density at radius 3 is 2.67 bits per heavy atom. The van der Waals surface area contributed by atoms with Gasteiger partial charge in [0, 0.05) is 27.2 Å². The summed E-state index contributed by atoms with van der Waals surface area (Å²) in [4.78, 5) is 4.16. The number of ether oxygens (including phenoxy) is 1. The van der Waals surface area contributed by atoms with E-state index < -0.39 is 0 Å². The molecule has 4 heteroatoms. The molecular weight excluding hydrogens is 226 g/mol. The Morgan fingerprint density at radius 2 is 2.06 bits per heavy atom. The Hall–Kier alpha value is -1.55. The van der Waals surface area contributed by atoms with Crippen molar-refractivity contribution < 1.29 is 4.74 Å². The number of benzene rings is 1. The van der Waals surface area contributed by atoms with Gasteiger partial charge in [-0.15, -0.1) is 0 Å². The third kappa shape index (κ3) is 4.75. The Kier molecular flexibility index (Phi) is 6.22. The fraction of sp³-hybridized carbons (Fsp3) is 0.500. The SMILES string of the molecule is CN=C(NCCOC)NCc1ccc(C)cc1C. The van der Waals surface area contributed by atoms with E-state index >= 15 is 0 Å². The molecule has 0 atom stereocenters. The summed E-state index contributed by atoms with van der Waals surface area (Å²) in [6.07, 6.45) is 0. The number of rotatable bonds is 5. The van der Waals surface area contributed by atoms with Crippen LogP contribution >= 0.6 is 0 Å². The molecule has 0 heterocycles. The predicted octanol–water partition coefficient (Wildman–Crippen LogP) is 1.61. The van der Waals surface area contributed by atoms with Crippen LogP contribution in [0.25, 0.3) is 0 Å². The first-order chi connectivity index (χ1) is 8.67. The number of aryl methyl sites for hydroxylation is 2. The van der Waals surface area contributed by atoms with Crippen molar-refractivity contribution in [3.8, 4) is 0 Å². The van der Waals surface area contributed by atoms with Gasteiger partial charge in [-0.05, 0) is 25.0 Å². The van der Waals surface area contributed by atoms with E-state index in [1.807, 2.05) is 0 Å². The molecule has 0 saturated carbocycles. The van der Waals surface area contributed by atoms with Crippen molar-refractivity contribution in [3.63, 3.8) is 0 Å². The Morgan fingerprint density at radius 1 is 1.28 bits per heavy atom. The summed E-state index contributed by atoms with van der Waals surface area (Å²) in [6, 6.07) is 6.48. The Bertz CT molecular complexity index is 402. The molecule has 0 bridgehead atoms. The van der Waals surface area contributed by atoms with E-state index in [2.05, 4.69) is 47.7 Å². The summed E-state index contributed by atoms with van der Waals surface area (Å²) in [5.41, 5.74) is 3.88. The Labute approximate surface area is 109 Å². The van der Waals surface area contributed by atoms with Crippen LogP contribution in [-0.2, 0) is 11.3 Å². The van der Waals surface area contributed by atoms with E-state index in [9.17, 15) is 0 Å². The zero-order valence-electron chi connectivity index (χ0n) is 11.7. The van der Waals surface area contributed by atoms with Crippen molar-refractivity contribution in [1.29, 1.82) is 0 Å². The summed E-state index contributed by atoms with van der Waals surface area (Å²) < 4.78 is 4.99. The van der Waals surface area contributed by atoms with Crippen LogP contribution in [0.4, 0.5) is 0 Å². The standard InChI is InChI=1S/C14H23N3O/c1-11-5-6-13(12(2)9-11)10-17-14(15-3)16-7-8-18-4/h5-6,9H,7-8,10H2,1-4H3,(H2,15,16,17). The van der Waals surface area contributed by atoms with Crippen molar-refractivity contribution in [3.05, 3.63) is 34.9 Å². The molecular formula is C14H23N3O. The highest BCUT2D eigenvalue weighted by atomic mass is 16.5. The first-order valence-corrected chi connectivity index (χ1v) is 6.17. The average Bonchev–Trinajstić information content (AvgIpc) is 2.35. The van der Waals surface area contributed by atoms with Gasteiger partial charge in [0.15, 0.2) is 5.96 Å². The number of hydrogen-bond donors (Lipinski definition) is 2. The van der Waals surface area contributed by atoms with Gasteiger partial charge in [0.25, 0.3) is 0 Å². The second-order valence-electron chi connectivity index (χ2n) is 4.28. The molecule has 0 aliphatic rings. The van der Waals surface area contributed by atoms with Crippen molar-refractivity contribution in [2.45, 2.75) is 20.4 Å². The molecule has 0 aliphatic heterocycles. The summed E-state index contributed by atoms with van der Waals surface area (Å²) in [7, 11) is 3.46. The van der Waals surface area contributed by atoms with Gasteiger partial charge in [-0.25, -0.2) is 0 Å². The first kappa shape index (κ1) is 14.5. The molecule has 18 heavy (non-hydrogen) atoms. The van der Waals surface area contributed by atoms with Gasteiger partial charge in [-0.2, -0.15) is 0 Å². The lowest BCUT2D eigenvalue weighted by Gasteiger charge is -2.13. The van der Waals surface area contributed by atoms with E-state index in [1.54, 1.807) is 14.2 Å². The molecule has 0 saturated heterocycles. The van der Waals surface area contributed by atoms with Crippen LogP contribution in [0, 0.1) is 13.8 Å². The third-order valence-electron chi connectivity index (χ3n) is 2.77. The van der Waals surface area contributed by atoms with E-state index in [1.165, 1.54) is 16.7 Å². The van der Waals surface area contributed by atoms with Crippen LogP contribution < -0.4 is 10.6 Å². The minimum atomic E-state index is 0.671. The van der Waals surface area contributed by atoms with Crippen LogP contribution in [0.5, 0.6) is 0 Å². The number of nitrogens with one attached hydrogen (secondary N) is 2. The topological polar surface area (TPSA) is 45.7 Å². The van der Waals surface area contributed by atoms with Gasteiger partial charge >= 0.3 is 0 Å². The van der Waals surface area contributed by atoms with Crippen molar-refractivity contribution in [2.24, 2.45) is 4.99 Å². The normalized spacial score (nSPS) is 11.4. The quantitative estimate of drug-likeness (QED) is 0.473. The molecule has 0 radical (unpaired) electrons. The van der Waals surface area contributed by atoms with E-state index in [0.717, 1.165) is 19.0 Å². The fourth-order valence-corrected chi connectivity index (χ4v) is 1.72. The lowest BCUT2D eigenvalue weighted by molar-refractivity contribution is 0.203. The highest BCUT2D eigenvalue weighted by Gasteiger charge is 2.00. The van der Waals surface area contributed by atoms with Crippen molar-refractivity contribution in [1.82, 2.24) is 10.6 Å². The molecule has 100 valence electrons. The van der Waals surface area contributed by atoms with Crippen molar-refractivity contribution >= 4 is 5.96 Å². The van der Waals surface area contributed by atoms with Gasteiger partial charge in [0.1, 0.15) is 0 Å². The van der Waals surface area contributed by atoms with Crippen LogP contribution in [0.3, 0.4) is 0 Å². The molecule has 0 aliphatic carbocycles. The average molecular weight is 249 g/mol. The summed E-state index contributed by atoms with van der Waals surface area (Å²) in [6.45, 7) is 6.44. The summed E-state index contributed by atoms with van der Waals surface area (Å²) in [5, 5.41) is 6.47. The molecule has 0 unspecified atom stereocenters. The van der Waals surface area contributed by atoms with Crippen LogP contribution in [0.1, 0.15) is 16.7 Å². The monoisotopic (exact) mass is 249 g/mol. The highest BCUT2D eigenvalue weighted by Crippen LogP contribution is 2.09. The second-order valence-corrected chi connectivity index (χ2v) is 4.28. The second kappa shape index (κ2) is 7.71.